The number of hydrogen-bond donors (Lipinski definition) is 0. The van der Waals surface area contributed by atoms with Gasteiger partial charge in [0, 0.05) is 11.1 Å². The van der Waals surface area contributed by atoms with E-state index in [-0.39, 0.29) is 17.4 Å². The van der Waals surface area contributed by atoms with Crippen molar-refractivity contribution in [1.82, 2.24) is 10.2 Å². The van der Waals surface area contributed by atoms with E-state index >= 15 is 0 Å². The molecule has 0 saturated carbocycles. The van der Waals surface area contributed by atoms with Crippen molar-refractivity contribution in [3.05, 3.63) is 89.2 Å². The number of rotatable bonds is 5. The van der Waals surface area contributed by atoms with E-state index in [1.54, 1.807) is 12.1 Å². The zero-order valence-electron chi connectivity index (χ0n) is 15.3. The minimum absolute atomic E-state index is 0.00344. The van der Waals surface area contributed by atoms with E-state index in [0.717, 1.165) is 12.0 Å². The third-order valence-corrected chi connectivity index (χ3v) is 5.76. The maximum Gasteiger partial charge on any atom is 0.277 e. The van der Waals surface area contributed by atoms with Crippen LogP contribution in [0.1, 0.15) is 21.5 Å². The van der Waals surface area contributed by atoms with Crippen molar-refractivity contribution in [2.45, 2.75) is 11.6 Å². The minimum atomic E-state index is -0.328. The first-order valence-corrected chi connectivity index (χ1v) is 10.1. The molecule has 0 atom stereocenters. The predicted molar refractivity (Wildman–Crippen MR) is 109 cm³/mol. The van der Waals surface area contributed by atoms with Crippen LogP contribution >= 0.6 is 11.8 Å². The fourth-order valence-corrected chi connectivity index (χ4v) is 4.14. The molecule has 0 spiro atoms. The molecule has 4 aromatic rings. The molecular formula is C23H15FN2O2S. The highest BCUT2D eigenvalue weighted by Crippen LogP contribution is 2.37. The zero-order chi connectivity index (χ0) is 19.8. The molecule has 0 saturated heterocycles. The van der Waals surface area contributed by atoms with Gasteiger partial charge < -0.3 is 4.42 Å². The molecular weight excluding hydrogens is 387 g/mol. The monoisotopic (exact) mass is 402 g/mol. The number of hydrogen-bond acceptors (Lipinski definition) is 5. The van der Waals surface area contributed by atoms with Crippen LogP contribution in [0.3, 0.4) is 0 Å². The predicted octanol–water partition coefficient (Wildman–Crippen LogP) is 5.42. The lowest BCUT2D eigenvalue weighted by Crippen LogP contribution is -2.02. The molecule has 1 heterocycles. The Labute approximate surface area is 170 Å². The van der Waals surface area contributed by atoms with Gasteiger partial charge in [-0.2, -0.15) is 0 Å². The number of thioether (sulfide) groups is 1. The van der Waals surface area contributed by atoms with Crippen molar-refractivity contribution in [2.75, 3.05) is 5.75 Å². The molecule has 0 fully saturated rings. The van der Waals surface area contributed by atoms with Gasteiger partial charge in [0.2, 0.25) is 5.89 Å². The Hall–Kier alpha value is -3.25. The average molecular weight is 402 g/mol. The van der Waals surface area contributed by atoms with Crippen LogP contribution in [0, 0.1) is 5.82 Å². The maximum absolute atomic E-state index is 13.0. The van der Waals surface area contributed by atoms with E-state index in [0.29, 0.717) is 22.2 Å². The molecule has 5 rings (SSSR count). The topological polar surface area (TPSA) is 56.0 Å². The number of fused-ring (bicyclic) bond motifs is 3. The van der Waals surface area contributed by atoms with Crippen LogP contribution in [0.25, 0.3) is 22.6 Å². The number of carbonyl (C=O) groups excluding carboxylic acids is 1. The van der Waals surface area contributed by atoms with Gasteiger partial charge >= 0.3 is 0 Å². The van der Waals surface area contributed by atoms with Crippen molar-refractivity contribution in [2.24, 2.45) is 0 Å². The summed E-state index contributed by atoms with van der Waals surface area (Å²) in [6, 6.07) is 20.0. The summed E-state index contributed by atoms with van der Waals surface area (Å²) in [5.74, 6) is 0.175. The lowest BCUT2D eigenvalue weighted by Gasteiger charge is -2.04. The number of benzene rings is 3. The van der Waals surface area contributed by atoms with Gasteiger partial charge in [-0.1, -0.05) is 48.2 Å². The lowest BCUT2D eigenvalue weighted by atomic mass is 10.0. The van der Waals surface area contributed by atoms with Crippen LogP contribution in [0.5, 0.6) is 0 Å². The largest absolute Gasteiger partial charge is 0.411 e. The van der Waals surface area contributed by atoms with Crippen molar-refractivity contribution < 1.29 is 13.6 Å². The maximum atomic E-state index is 13.0. The van der Waals surface area contributed by atoms with E-state index in [4.69, 9.17) is 4.42 Å². The lowest BCUT2D eigenvalue weighted by molar-refractivity contribution is 0.102. The molecule has 0 unspecified atom stereocenters. The summed E-state index contributed by atoms with van der Waals surface area (Å²) in [5.41, 5.74) is 6.18. The SMILES string of the molecule is O=C(CSc1nnc(-c2ccc(F)cc2)o1)c1ccc2c(c1)-c1ccccc1C2. The number of nitrogens with zero attached hydrogens (tertiary/aromatic N) is 2. The molecule has 0 N–H and O–H groups in total. The zero-order valence-corrected chi connectivity index (χ0v) is 16.1. The van der Waals surface area contributed by atoms with Gasteiger partial charge in [-0.05, 0) is 59.0 Å². The van der Waals surface area contributed by atoms with E-state index in [2.05, 4.69) is 22.3 Å². The van der Waals surface area contributed by atoms with Gasteiger partial charge in [0.15, 0.2) is 5.78 Å². The summed E-state index contributed by atoms with van der Waals surface area (Å²) in [4.78, 5) is 12.7. The molecule has 0 bridgehead atoms. The Kier molecular flexibility index (Phi) is 4.48. The average Bonchev–Trinajstić information content (AvgIpc) is 3.37. The molecule has 0 amide bonds. The van der Waals surface area contributed by atoms with Crippen molar-refractivity contribution in [3.63, 3.8) is 0 Å². The van der Waals surface area contributed by atoms with Crippen LogP contribution in [-0.4, -0.2) is 21.7 Å². The van der Waals surface area contributed by atoms with Crippen LogP contribution in [0.15, 0.2) is 76.4 Å². The molecule has 142 valence electrons. The fourth-order valence-electron chi connectivity index (χ4n) is 3.49. The number of Topliss-reactive ketones (excluding diaryl/α,β-unsaturated/α-hetero) is 1. The third kappa shape index (κ3) is 3.47. The number of ketones is 1. The van der Waals surface area contributed by atoms with Crippen LogP contribution < -0.4 is 0 Å². The second kappa shape index (κ2) is 7.29. The number of halogens is 1. The smallest absolute Gasteiger partial charge is 0.277 e. The van der Waals surface area contributed by atoms with E-state index < -0.39 is 0 Å². The van der Waals surface area contributed by atoms with Crippen LogP contribution in [0.4, 0.5) is 4.39 Å². The van der Waals surface area contributed by atoms with Gasteiger partial charge in [0.05, 0.1) is 5.75 Å². The van der Waals surface area contributed by atoms with Gasteiger partial charge in [0.1, 0.15) is 5.82 Å². The summed E-state index contributed by atoms with van der Waals surface area (Å²) >= 11 is 1.20. The Balaban J connectivity index is 1.29. The molecule has 0 aliphatic heterocycles. The Bertz CT molecular complexity index is 1220. The fraction of sp³-hybridized carbons (Fsp3) is 0.0870. The van der Waals surface area contributed by atoms with E-state index in [9.17, 15) is 9.18 Å². The van der Waals surface area contributed by atoms with Crippen molar-refractivity contribution >= 4 is 17.5 Å². The first-order valence-electron chi connectivity index (χ1n) is 9.14. The first kappa shape index (κ1) is 17.8. The molecule has 4 nitrogen and oxygen atoms in total. The van der Waals surface area contributed by atoms with Crippen molar-refractivity contribution in [3.8, 4) is 22.6 Å². The number of aromatic nitrogens is 2. The Morgan fingerprint density at radius 2 is 1.76 bits per heavy atom. The molecule has 3 aromatic carbocycles. The molecule has 1 aliphatic carbocycles. The van der Waals surface area contributed by atoms with Crippen LogP contribution in [-0.2, 0) is 6.42 Å². The molecule has 0 radical (unpaired) electrons. The first-order chi connectivity index (χ1) is 14.2. The highest BCUT2D eigenvalue weighted by Gasteiger charge is 2.20. The second-order valence-electron chi connectivity index (χ2n) is 6.80. The second-order valence-corrected chi connectivity index (χ2v) is 7.72. The minimum Gasteiger partial charge on any atom is -0.411 e. The quantitative estimate of drug-likeness (QED) is 0.290. The summed E-state index contributed by atoms with van der Waals surface area (Å²) in [6.07, 6.45) is 0.906. The number of carbonyl (C=O) groups is 1. The molecule has 6 heteroatoms. The van der Waals surface area contributed by atoms with Gasteiger partial charge in [0.25, 0.3) is 5.22 Å². The summed E-state index contributed by atoms with van der Waals surface area (Å²) in [5, 5.41) is 8.25. The standard InChI is InChI=1S/C23H15FN2O2S/c24-18-9-7-14(8-10-18)22-25-26-23(28-22)29-13-21(27)17-6-5-16-11-15-3-1-2-4-19(15)20(16)12-17/h1-10,12H,11,13H2. The Morgan fingerprint density at radius 1 is 0.966 bits per heavy atom. The molecule has 29 heavy (non-hydrogen) atoms. The van der Waals surface area contributed by atoms with Gasteiger partial charge in [-0.15, -0.1) is 10.2 Å². The van der Waals surface area contributed by atoms with E-state index in [1.807, 2.05) is 30.3 Å². The van der Waals surface area contributed by atoms with Gasteiger partial charge in [-0.25, -0.2) is 4.39 Å². The molecule has 1 aromatic heterocycles. The van der Waals surface area contributed by atoms with E-state index in [1.165, 1.54) is 40.6 Å². The highest BCUT2D eigenvalue weighted by atomic mass is 32.2. The van der Waals surface area contributed by atoms with Crippen molar-refractivity contribution in [1.29, 1.82) is 0 Å². The molecule has 1 aliphatic rings. The highest BCUT2D eigenvalue weighted by molar-refractivity contribution is 7.99. The summed E-state index contributed by atoms with van der Waals surface area (Å²) in [6.45, 7) is 0. The Morgan fingerprint density at radius 3 is 2.62 bits per heavy atom. The normalized spacial score (nSPS) is 11.9. The third-order valence-electron chi connectivity index (χ3n) is 4.94. The summed E-state index contributed by atoms with van der Waals surface area (Å²) in [7, 11) is 0. The van der Waals surface area contributed by atoms with Gasteiger partial charge in [-0.3, -0.25) is 4.79 Å². The summed E-state index contributed by atoms with van der Waals surface area (Å²) < 4.78 is 18.6. The van der Waals surface area contributed by atoms with Crippen LogP contribution in [0.2, 0.25) is 0 Å².